The topological polar surface area (TPSA) is 98.0 Å². The molecule has 1 aliphatic rings. The molecule has 0 amide bonds. The number of nitrogens with one attached hydrogen (secondary N) is 1. The van der Waals surface area contributed by atoms with Crippen LogP contribution in [0.25, 0.3) is 0 Å². The van der Waals surface area contributed by atoms with Crippen molar-refractivity contribution in [2.45, 2.75) is 12.8 Å². The molecule has 168 valence electrons. The van der Waals surface area contributed by atoms with E-state index in [1.54, 1.807) is 6.20 Å². The summed E-state index contributed by atoms with van der Waals surface area (Å²) in [5, 5.41) is 12.9. The predicted octanol–water partition coefficient (Wildman–Crippen LogP) is 3.19. The van der Waals surface area contributed by atoms with Crippen LogP contribution >= 0.6 is 11.3 Å². The molecular weight excluding hydrogens is 434 g/mol. The van der Waals surface area contributed by atoms with Gasteiger partial charge in [0.25, 0.3) is 0 Å². The van der Waals surface area contributed by atoms with Crippen molar-refractivity contribution in [3.63, 3.8) is 0 Å². The quantitative estimate of drug-likeness (QED) is 0.513. The Labute approximate surface area is 197 Å². The number of carbonyl (C=O) groups excluding carboxylic acids is 1. The van der Waals surface area contributed by atoms with Gasteiger partial charge in [-0.2, -0.15) is 5.26 Å². The first-order valence-electron chi connectivity index (χ1n) is 10.7. The molecule has 1 fully saturated rings. The summed E-state index contributed by atoms with van der Waals surface area (Å²) in [5.74, 6) is 2.23. The molecule has 0 unspecified atom stereocenters. The molecule has 0 radical (unpaired) electrons. The van der Waals surface area contributed by atoms with Gasteiger partial charge in [-0.25, -0.2) is 15.0 Å². The highest BCUT2D eigenvalue weighted by Crippen LogP contribution is 2.25. The number of nitrogens with zero attached hydrogens (tertiary/aromatic N) is 6. The van der Waals surface area contributed by atoms with Gasteiger partial charge in [0.05, 0.1) is 6.20 Å². The van der Waals surface area contributed by atoms with E-state index in [1.165, 1.54) is 17.4 Å². The fourth-order valence-electron chi connectivity index (χ4n) is 3.55. The van der Waals surface area contributed by atoms with Crippen LogP contribution in [0.1, 0.15) is 21.8 Å². The summed E-state index contributed by atoms with van der Waals surface area (Å²) in [6.07, 6.45) is 3.82. The second kappa shape index (κ2) is 10.3. The second-order valence-corrected chi connectivity index (χ2v) is 8.96. The third kappa shape index (κ3) is 6.00. The molecule has 33 heavy (non-hydrogen) atoms. The third-order valence-corrected chi connectivity index (χ3v) is 6.25. The van der Waals surface area contributed by atoms with Gasteiger partial charge in [-0.1, -0.05) is 42.2 Å². The molecule has 8 nitrogen and oxygen atoms in total. The van der Waals surface area contributed by atoms with Gasteiger partial charge in [0.15, 0.2) is 10.9 Å². The Morgan fingerprint density at radius 1 is 1.21 bits per heavy atom. The number of aromatic nitrogens is 3. The van der Waals surface area contributed by atoms with Gasteiger partial charge in [-0.15, -0.1) is 0 Å². The van der Waals surface area contributed by atoms with Crippen LogP contribution in [-0.2, 0) is 17.6 Å². The maximum Gasteiger partial charge on any atom is 0.189 e. The zero-order valence-electron chi connectivity index (χ0n) is 18.5. The number of thiazole rings is 1. The largest absolute Gasteiger partial charge is 0.354 e. The fourth-order valence-corrected chi connectivity index (χ4v) is 4.17. The number of likely N-dealkylation sites (N-methyl/N-ethyl adjacent to an activating group) is 1. The van der Waals surface area contributed by atoms with Crippen molar-refractivity contribution in [1.82, 2.24) is 19.9 Å². The number of anilines is 3. The Morgan fingerprint density at radius 3 is 2.61 bits per heavy atom. The molecule has 1 N–H and O–H groups in total. The molecule has 3 heterocycles. The van der Waals surface area contributed by atoms with E-state index in [4.69, 9.17) is 15.2 Å². The van der Waals surface area contributed by atoms with Crippen molar-refractivity contribution in [2.75, 3.05) is 43.4 Å². The lowest BCUT2D eigenvalue weighted by molar-refractivity contribution is -0.114. The van der Waals surface area contributed by atoms with E-state index >= 15 is 0 Å². The van der Waals surface area contributed by atoms with Crippen LogP contribution in [0.3, 0.4) is 0 Å². The van der Waals surface area contributed by atoms with Gasteiger partial charge >= 0.3 is 0 Å². The fraction of sp³-hybridized carbons (Fsp3) is 0.292. The van der Waals surface area contributed by atoms with E-state index in [-0.39, 0.29) is 5.78 Å². The summed E-state index contributed by atoms with van der Waals surface area (Å²) in [7, 11) is 2.12. The van der Waals surface area contributed by atoms with E-state index < -0.39 is 0 Å². The molecule has 0 aliphatic carbocycles. The Balaban J connectivity index is 1.57. The minimum Gasteiger partial charge on any atom is -0.354 e. The number of rotatable bonds is 8. The summed E-state index contributed by atoms with van der Waals surface area (Å²) < 4.78 is 0. The van der Waals surface area contributed by atoms with Crippen LogP contribution in [0.2, 0.25) is 0 Å². The summed E-state index contributed by atoms with van der Waals surface area (Å²) >= 11 is 1.29. The Morgan fingerprint density at radius 2 is 1.94 bits per heavy atom. The molecule has 3 aromatic rings. The lowest BCUT2D eigenvalue weighted by atomic mass is 10.0. The van der Waals surface area contributed by atoms with Gasteiger partial charge in [-0.3, -0.25) is 4.79 Å². The van der Waals surface area contributed by atoms with E-state index in [0.29, 0.717) is 34.5 Å². The smallest absolute Gasteiger partial charge is 0.189 e. The van der Waals surface area contributed by atoms with Crippen LogP contribution in [0.15, 0.2) is 49.2 Å². The third-order valence-electron chi connectivity index (χ3n) is 5.43. The first kappa shape index (κ1) is 22.6. The molecule has 0 bridgehead atoms. The summed E-state index contributed by atoms with van der Waals surface area (Å²) in [6.45, 7) is 7.28. The van der Waals surface area contributed by atoms with Crippen molar-refractivity contribution < 1.29 is 4.79 Å². The molecule has 0 saturated carbocycles. The van der Waals surface area contributed by atoms with Crippen LogP contribution in [-0.4, -0.2) is 58.9 Å². The summed E-state index contributed by atoms with van der Waals surface area (Å²) in [6, 6.07) is 12.0. The molecule has 2 aromatic heterocycles. The Hall–Kier alpha value is -3.61. The number of piperazine rings is 1. The van der Waals surface area contributed by atoms with Gasteiger partial charge < -0.3 is 15.1 Å². The molecule has 0 spiro atoms. The van der Waals surface area contributed by atoms with Crippen LogP contribution in [0.4, 0.5) is 16.8 Å². The zero-order chi connectivity index (χ0) is 23.2. The zero-order valence-corrected chi connectivity index (χ0v) is 19.3. The molecule has 4 rings (SSSR count). The Bertz CT molecular complexity index is 1170. The number of hydrogen-bond acceptors (Lipinski definition) is 9. The van der Waals surface area contributed by atoms with Crippen LogP contribution < -0.4 is 10.2 Å². The number of hydrogen-bond donors (Lipinski definition) is 1. The lowest BCUT2D eigenvalue weighted by Crippen LogP contribution is -2.44. The van der Waals surface area contributed by atoms with E-state index in [1.807, 2.05) is 30.3 Å². The van der Waals surface area contributed by atoms with Gasteiger partial charge in [0.1, 0.15) is 28.4 Å². The SMILES string of the molecule is C=CC(=O)Cc1ccc(Cc2nc(Nc3ncc(C#N)s3)cc(N3CCN(C)CC3)n2)cc1. The molecular formula is C24H25N7OS. The lowest BCUT2D eigenvalue weighted by Gasteiger charge is -2.33. The predicted molar refractivity (Wildman–Crippen MR) is 130 cm³/mol. The molecule has 1 aromatic carbocycles. The van der Waals surface area contributed by atoms with Gasteiger partial charge in [0, 0.05) is 45.1 Å². The molecule has 1 aliphatic heterocycles. The van der Waals surface area contributed by atoms with E-state index in [2.05, 4.69) is 39.8 Å². The van der Waals surface area contributed by atoms with Gasteiger partial charge in [0.2, 0.25) is 0 Å². The minimum absolute atomic E-state index is 0.00317. The maximum atomic E-state index is 11.6. The molecule has 9 heteroatoms. The normalized spacial score (nSPS) is 14.0. The standard InChI is InChI=1S/C24H25N7OS/c1-3-19(32)12-17-4-6-18(7-5-17)13-21-27-22(29-24-26-16-20(15-25)33-24)14-23(28-21)31-10-8-30(2)9-11-31/h3-7,14,16H,1,8-13H2,2H3,(H,26,27,28,29). The molecule has 0 atom stereocenters. The van der Waals surface area contributed by atoms with Crippen molar-refractivity contribution >= 4 is 33.9 Å². The van der Waals surface area contributed by atoms with E-state index in [9.17, 15) is 4.79 Å². The average Bonchev–Trinajstić information content (AvgIpc) is 3.28. The number of carbonyl (C=O) groups is 1. The number of nitriles is 1. The minimum atomic E-state index is 0.00317. The van der Waals surface area contributed by atoms with Crippen molar-refractivity contribution in [3.05, 3.63) is 71.0 Å². The van der Waals surface area contributed by atoms with Crippen LogP contribution in [0.5, 0.6) is 0 Å². The van der Waals surface area contributed by atoms with Crippen molar-refractivity contribution in [1.29, 1.82) is 5.26 Å². The maximum absolute atomic E-state index is 11.6. The Kier molecular flexibility index (Phi) is 7.07. The average molecular weight is 460 g/mol. The first-order chi connectivity index (χ1) is 16.0. The highest BCUT2D eigenvalue weighted by molar-refractivity contribution is 7.16. The number of allylic oxidation sites excluding steroid dienone is 1. The highest BCUT2D eigenvalue weighted by Gasteiger charge is 2.18. The first-order valence-corrected chi connectivity index (χ1v) is 11.5. The second-order valence-electron chi connectivity index (χ2n) is 7.92. The molecule has 1 saturated heterocycles. The highest BCUT2D eigenvalue weighted by atomic mass is 32.1. The van der Waals surface area contributed by atoms with Gasteiger partial charge in [-0.05, 0) is 24.3 Å². The monoisotopic (exact) mass is 459 g/mol. The number of ketones is 1. The summed E-state index contributed by atoms with van der Waals surface area (Å²) in [4.78, 5) is 30.5. The van der Waals surface area contributed by atoms with Crippen molar-refractivity contribution in [2.24, 2.45) is 0 Å². The summed E-state index contributed by atoms with van der Waals surface area (Å²) in [5.41, 5.74) is 2.02. The van der Waals surface area contributed by atoms with Crippen molar-refractivity contribution in [3.8, 4) is 6.07 Å². The van der Waals surface area contributed by atoms with Crippen LogP contribution in [0, 0.1) is 11.3 Å². The van der Waals surface area contributed by atoms with E-state index in [0.717, 1.165) is 43.1 Å². The number of benzene rings is 1.